The Morgan fingerprint density at radius 1 is 1.09 bits per heavy atom. The number of nitrogens with zero attached hydrogens (tertiary/aromatic N) is 4. The summed E-state index contributed by atoms with van der Waals surface area (Å²) in [6, 6.07) is 2.25. The minimum Gasteiger partial charge on any atom is -0.382 e. The van der Waals surface area contributed by atoms with Gasteiger partial charge in [0.25, 0.3) is 0 Å². The van der Waals surface area contributed by atoms with Crippen molar-refractivity contribution in [3.05, 3.63) is 59.0 Å². The van der Waals surface area contributed by atoms with E-state index in [1.54, 1.807) is 6.20 Å². The van der Waals surface area contributed by atoms with E-state index < -0.39 is 26.7 Å². The van der Waals surface area contributed by atoms with Crippen LogP contribution in [-0.4, -0.2) is 40.8 Å². The van der Waals surface area contributed by atoms with Gasteiger partial charge in [-0.25, -0.2) is 18.7 Å². The van der Waals surface area contributed by atoms with Crippen LogP contribution < -0.4 is 10.5 Å². The van der Waals surface area contributed by atoms with E-state index in [9.17, 15) is 21.6 Å². The Kier molecular flexibility index (Phi) is 5.40. The predicted octanol–water partition coefficient (Wildman–Crippen LogP) is 2.94. The van der Waals surface area contributed by atoms with Crippen molar-refractivity contribution in [1.29, 1.82) is 0 Å². The van der Waals surface area contributed by atoms with Crippen LogP contribution in [0.2, 0.25) is 0 Å². The van der Waals surface area contributed by atoms with E-state index in [1.165, 1.54) is 6.07 Å². The third kappa shape index (κ3) is 4.05. The summed E-state index contributed by atoms with van der Waals surface area (Å²) in [6.07, 6.45) is 5.43. The first kappa shape index (κ1) is 22.5. The lowest BCUT2D eigenvalue weighted by Crippen LogP contribution is -2.32. The molecular weight excluding hydrogens is 471 g/mol. The zero-order valence-electron chi connectivity index (χ0n) is 17.7. The monoisotopic (exact) mass is 491 g/mol. The standard InChI is InChI=1S/C21H20F3N7O2S/c22-21(23,24)15-6-5-13(18(19(15)34(25,32)33)20-28-30-31-29-20)11-1-3-12(4-2-11)27-17-8-7-16-14(17)9-10-26-16/h5-12,27H,1-4H2,(H2,25,32,33)(H,28,29,30,31). The molecule has 0 atom stereocenters. The van der Waals surface area contributed by atoms with Gasteiger partial charge in [0.15, 0.2) is 5.82 Å². The SMILES string of the molecule is NS(=O)(=O)c1c(C(F)(F)F)ccc(C2CCC(NC3=C4C=CN=C4C=C3)CC2)c1-c1nnn[nH]1. The molecular formula is C21H20F3N7O2S. The molecule has 0 spiro atoms. The fraction of sp³-hybridized carbons (Fsp3) is 0.333. The minimum atomic E-state index is -4.93. The number of nitrogens with one attached hydrogen (secondary N) is 2. The number of H-pyrrole nitrogens is 1. The molecule has 1 aliphatic heterocycles. The van der Waals surface area contributed by atoms with E-state index in [-0.39, 0.29) is 23.3 Å². The second kappa shape index (κ2) is 8.17. The molecule has 0 unspecified atom stereocenters. The van der Waals surface area contributed by atoms with Gasteiger partial charge in [0, 0.05) is 29.1 Å². The highest BCUT2D eigenvalue weighted by Crippen LogP contribution is 2.44. The largest absolute Gasteiger partial charge is 0.417 e. The topological polar surface area (TPSA) is 139 Å². The molecule has 1 aromatic carbocycles. The molecule has 3 aliphatic rings. The number of aromatic nitrogens is 4. The van der Waals surface area contributed by atoms with Gasteiger partial charge in [0.1, 0.15) is 4.90 Å². The Hall–Kier alpha value is -3.32. The Morgan fingerprint density at radius 2 is 1.85 bits per heavy atom. The van der Waals surface area contributed by atoms with Crippen molar-refractivity contribution in [2.45, 2.75) is 48.7 Å². The quantitative estimate of drug-likeness (QED) is 0.588. The molecule has 0 saturated heterocycles. The molecule has 0 amide bonds. The number of primary sulfonamides is 1. The smallest absolute Gasteiger partial charge is 0.382 e. The summed E-state index contributed by atoms with van der Waals surface area (Å²) in [7, 11) is -4.75. The number of hydrogen-bond acceptors (Lipinski definition) is 7. The van der Waals surface area contributed by atoms with E-state index in [1.807, 2.05) is 18.2 Å². The Labute approximate surface area is 192 Å². The van der Waals surface area contributed by atoms with E-state index >= 15 is 0 Å². The molecule has 1 fully saturated rings. The minimum absolute atomic E-state index is 0.166. The molecule has 4 N–H and O–H groups in total. The van der Waals surface area contributed by atoms with Crippen LogP contribution in [0.4, 0.5) is 13.2 Å². The zero-order valence-corrected chi connectivity index (χ0v) is 18.5. The van der Waals surface area contributed by atoms with E-state index in [0.717, 1.165) is 35.9 Å². The second-order valence-electron chi connectivity index (χ2n) is 8.38. The summed E-state index contributed by atoms with van der Waals surface area (Å²) in [4.78, 5) is 3.26. The number of tetrazole rings is 1. The first-order chi connectivity index (χ1) is 16.1. The van der Waals surface area contributed by atoms with Crippen LogP contribution in [0.15, 0.2) is 57.7 Å². The number of alkyl halides is 3. The number of hydrogen-bond donors (Lipinski definition) is 3. The van der Waals surface area contributed by atoms with Crippen LogP contribution in [0, 0.1) is 0 Å². The number of aromatic amines is 1. The van der Waals surface area contributed by atoms with Crippen LogP contribution >= 0.6 is 0 Å². The Bertz CT molecular complexity index is 1350. The molecule has 0 radical (unpaired) electrons. The summed E-state index contributed by atoms with van der Waals surface area (Å²) in [5, 5.41) is 21.7. The third-order valence-electron chi connectivity index (χ3n) is 6.32. The van der Waals surface area contributed by atoms with Crippen LogP contribution in [0.3, 0.4) is 0 Å². The summed E-state index contributed by atoms with van der Waals surface area (Å²) in [5.41, 5.74) is 1.81. The van der Waals surface area contributed by atoms with Crippen molar-refractivity contribution >= 4 is 15.7 Å². The highest BCUT2D eigenvalue weighted by atomic mass is 32.2. The molecule has 0 bridgehead atoms. The molecule has 5 rings (SSSR count). The number of rotatable bonds is 5. The Balaban J connectivity index is 1.47. The molecule has 2 heterocycles. The molecule has 2 aliphatic carbocycles. The maximum atomic E-state index is 13.7. The van der Waals surface area contributed by atoms with E-state index in [4.69, 9.17) is 5.14 Å². The van der Waals surface area contributed by atoms with Gasteiger partial charge in [0.05, 0.1) is 11.3 Å². The lowest BCUT2D eigenvalue weighted by atomic mass is 9.79. The average molecular weight is 491 g/mol. The van der Waals surface area contributed by atoms with Crippen molar-refractivity contribution in [2.24, 2.45) is 10.1 Å². The second-order valence-corrected chi connectivity index (χ2v) is 9.88. The van der Waals surface area contributed by atoms with Gasteiger partial charge in [-0.3, -0.25) is 4.99 Å². The van der Waals surface area contributed by atoms with Crippen molar-refractivity contribution in [2.75, 3.05) is 0 Å². The van der Waals surface area contributed by atoms with Gasteiger partial charge >= 0.3 is 6.18 Å². The molecule has 34 heavy (non-hydrogen) atoms. The lowest BCUT2D eigenvalue weighted by molar-refractivity contribution is -0.139. The van der Waals surface area contributed by atoms with Gasteiger partial charge in [-0.15, -0.1) is 5.10 Å². The van der Waals surface area contributed by atoms with Crippen LogP contribution in [0.25, 0.3) is 11.4 Å². The predicted molar refractivity (Wildman–Crippen MR) is 117 cm³/mol. The van der Waals surface area contributed by atoms with Crippen LogP contribution in [-0.2, 0) is 16.2 Å². The maximum Gasteiger partial charge on any atom is 0.417 e. The number of halogens is 3. The van der Waals surface area contributed by atoms with E-state index in [2.05, 4.69) is 30.9 Å². The zero-order chi connectivity index (χ0) is 24.1. The molecule has 1 aromatic heterocycles. The summed E-state index contributed by atoms with van der Waals surface area (Å²) in [5.74, 6) is -0.366. The highest BCUT2D eigenvalue weighted by molar-refractivity contribution is 7.89. The van der Waals surface area contributed by atoms with Crippen LogP contribution in [0.5, 0.6) is 0 Å². The summed E-state index contributed by atoms with van der Waals surface area (Å²) >= 11 is 0. The van der Waals surface area contributed by atoms with Gasteiger partial charge in [-0.05, 0) is 71.9 Å². The van der Waals surface area contributed by atoms with Gasteiger partial charge < -0.3 is 5.32 Å². The number of benzene rings is 1. The van der Waals surface area contributed by atoms with Crippen molar-refractivity contribution in [3.63, 3.8) is 0 Å². The van der Waals surface area contributed by atoms with Crippen molar-refractivity contribution < 1.29 is 21.6 Å². The first-order valence-electron chi connectivity index (χ1n) is 10.6. The van der Waals surface area contributed by atoms with Crippen molar-refractivity contribution in [1.82, 2.24) is 25.9 Å². The summed E-state index contributed by atoms with van der Waals surface area (Å²) in [6.45, 7) is 0. The molecule has 9 nitrogen and oxygen atoms in total. The Morgan fingerprint density at radius 3 is 2.50 bits per heavy atom. The highest BCUT2D eigenvalue weighted by Gasteiger charge is 2.40. The molecule has 13 heteroatoms. The van der Waals surface area contributed by atoms with Crippen molar-refractivity contribution in [3.8, 4) is 11.4 Å². The molecule has 1 saturated carbocycles. The summed E-state index contributed by atoms with van der Waals surface area (Å²) < 4.78 is 65.8. The maximum absolute atomic E-state index is 13.7. The fourth-order valence-electron chi connectivity index (χ4n) is 4.82. The van der Waals surface area contributed by atoms with Gasteiger partial charge in [-0.2, -0.15) is 13.2 Å². The lowest BCUT2D eigenvalue weighted by Gasteiger charge is -2.31. The van der Waals surface area contributed by atoms with Gasteiger partial charge in [-0.1, -0.05) is 6.07 Å². The first-order valence-corrected chi connectivity index (χ1v) is 12.1. The number of allylic oxidation sites excluding steroid dienone is 4. The molecule has 178 valence electrons. The number of sulfonamides is 1. The average Bonchev–Trinajstić information content (AvgIpc) is 3.52. The normalized spacial score (nSPS) is 22.3. The number of nitrogens with two attached hydrogens (primary N) is 1. The number of aliphatic imine (C=N–C) groups is 1. The van der Waals surface area contributed by atoms with Crippen LogP contribution in [0.1, 0.15) is 42.7 Å². The fourth-order valence-corrected chi connectivity index (χ4v) is 5.81. The van der Waals surface area contributed by atoms with Gasteiger partial charge in [0.2, 0.25) is 10.0 Å². The van der Waals surface area contributed by atoms with E-state index in [0.29, 0.717) is 18.4 Å². The molecule has 2 aromatic rings. The third-order valence-corrected chi connectivity index (χ3v) is 7.31. The number of fused-ring (bicyclic) bond motifs is 1.